The number of aliphatic hydroxyl groups excluding tert-OH is 6. The number of amides is 3. The highest BCUT2D eigenvalue weighted by atomic mass is 28.4. The smallest absolute Gasteiger partial charge is 0.394 e. The predicted octanol–water partition coefficient (Wildman–Crippen LogP) is 14.4. The standard InChI is InChI=1S/C72H146N4O12Si/c1-7-12-17-22-27-32-35-40-45-51-67(83)73-70(58-77,59-78)64-86-89(87-65-71(60-79,61-80)74-68(84)52-46-41-36-33-28-23-18-13-8-2,88-66-72(62-81,63-82)75-69(85)53-47-42-37-34-29-24-19-14-9-3)57-50-56-76(6,54-48-43-38-30-25-20-15-10-4)55-49-44-39-31-26-21-16-11-5/h77-82H,7-66H2,1-6H3,(H2-,73,74,75,83,84,85)/p+1. The topological polar surface area (TPSA) is 236 Å². The zero-order chi connectivity index (χ0) is 65.9. The second-order valence-electron chi connectivity index (χ2n) is 27.6. The number of aliphatic hydroxyl groups is 6. The second kappa shape index (κ2) is 58.8. The molecular formula is C72H147N4O12Si+. The van der Waals surface area contributed by atoms with Crippen molar-refractivity contribution in [3.8, 4) is 0 Å². The molecule has 17 heteroatoms. The lowest BCUT2D eigenvalue weighted by Crippen LogP contribution is -2.65. The molecule has 0 fully saturated rings. The molecule has 0 aliphatic heterocycles. The van der Waals surface area contributed by atoms with E-state index in [1.807, 2.05) is 0 Å². The zero-order valence-corrected chi connectivity index (χ0v) is 60.0. The Balaban J connectivity index is 7.33. The van der Waals surface area contributed by atoms with Crippen molar-refractivity contribution in [3.63, 3.8) is 0 Å². The molecule has 0 atom stereocenters. The molecule has 0 aromatic heterocycles. The molecule has 0 saturated heterocycles. The highest BCUT2D eigenvalue weighted by Crippen LogP contribution is 2.27. The average Bonchev–Trinajstić information content (AvgIpc) is 1.81. The van der Waals surface area contributed by atoms with Crippen LogP contribution in [-0.2, 0) is 27.7 Å². The van der Waals surface area contributed by atoms with E-state index >= 15 is 0 Å². The van der Waals surface area contributed by atoms with Gasteiger partial charge in [0.25, 0.3) is 0 Å². The van der Waals surface area contributed by atoms with Gasteiger partial charge in [-0.25, -0.2) is 0 Å². The van der Waals surface area contributed by atoms with Crippen LogP contribution in [0.3, 0.4) is 0 Å². The van der Waals surface area contributed by atoms with E-state index in [0.29, 0.717) is 32.2 Å². The first-order valence-corrected chi connectivity index (χ1v) is 39.4. The molecule has 0 bridgehead atoms. The van der Waals surface area contributed by atoms with Crippen molar-refractivity contribution in [3.05, 3.63) is 0 Å². The quantitative estimate of drug-likeness (QED) is 0.0157. The van der Waals surface area contributed by atoms with Gasteiger partial charge in [0.15, 0.2) is 0 Å². The van der Waals surface area contributed by atoms with E-state index in [9.17, 15) is 45.0 Å². The van der Waals surface area contributed by atoms with Crippen LogP contribution in [0.25, 0.3) is 0 Å². The predicted molar refractivity (Wildman–Crippen MR) is 370 cm³/mol. The van der Waals surface area contributed by atoms with E-state index in [0.717, 1.165) is 101 Å². The molecule has 89 heavy (non-hydrogen) atoms. The van der Waals surface area contributed by atoms with Crippen molar-refractivity contribution in [1.29, 1.82) is 0 Å². The van der Waals surface area contributed by atoms with Crippen molar-refractivity contribution in [2.24, 2.45) is 0 Å². The minimum absolute atomic E-state index is 0.133. The SMILES string of the molecule is CCCCCCCCCCCC(=O)NC(CO)(CO)CO[Si](CCC[N+](C)(CCCCCCCCCC)CCCCCCCCCC)(OCC(CO)(CO)NC(=O)CCCCCCCCCCC)OCC(CO)(CO)NC(=O)CCCCCCCCCCC. The van der Waals surface area contributed by atoms with Gasteiger partial charge in [-0.05, 0) is 44.9 Å². The van der Waals surface area contributed by atoms with E-state index in [1.54, 1.807) is 0 Å². The first-order chi connectivity index (χ1) is 43.2. The Labute approximate surface area is 548 Å². The Kier molecular flexibility index (Phi) is 57.6. The number of quaternary nitrogens is 1. The maximum atomic E-state index is 13.8. The van der Waals surface area contributed by atoms with Gasteiger partial charge in [0, 0.05) is 31.7 Å². The Morgan fingerprint density at radius 1 is 0.303 bits per heavy atom. The lowest BCUT2D eigenvalue weighted by molar-refractivity contribution is -0.910. The number of unbranched alkanes of at least 4 members (excludes halogenated alkanes) is 38. The third-order valence-corrected chi connectivity index (χ3v) is 21.3. The van der Waals surface area contributed by atoms with E-state index < -0.39 is 84.9 Å². The van der Waals surface area contributed by atoms with Gasteiger partial charge in [0.2, 0.25) is 17.7 Å². The average molecular weight is 1290 g/mol. The summed E-state index contributed by atoms with van der Waals surface area (Å²) in [6.07, 6.45) is 49.5. The molecular weight excluding hydrogens is 1140 g/mol. The van der Waals surface area contributed by atoms with Crippen molar-refractivity contribution >= 4 is 26.5 Å². The van der Waals surface area contributed by atoms with Gasteiger partial charge in [-0.2, -0.15) is 0 Å². The molecule has 3 amide bonds. The summed E-state index contributed by atoms with van der Waals surface area (Å²) in [5.74, 6) is -1.06. The lowest BCUT2D eigenvalue weighted by Gasteiger charge is -2.41. The van der Waals surface area contributed by atoms with Crippen LogP contribution in [-0.4, -0.2) is 164 Å². The van der Waals surface area contributed by atoms with Crippen molar-refractivity contribution < 1.29 is 62.8 Å². The van der Waals surface area contributed by atoms with Crippen LogP contribution < -0.4 is 16.0 Å². The summed E-state index contributed by atoms with van der Waals surface area (Å²) in [5.41, 5.74) is -5.08. The van der Waals surface area contributed by atoms with Crippen LogP contribution in [0.1, 0.15) is 336 Å². The third-order valence-electron chi connectivity index (χ3n) is 18.5. The molecule has 0 aromatic carbocycles. The fourth-order valence-electron chi connectivity index (χ4n) is 12.0. The highest BCUT2D eigenvalue weighted by Gasteiger charge is 2.49. The fraction of sp³-hybridized carbons (Fsp3) is 0.958. The molecule has 0 unspecified atom stereocenters. The van der Waals surface area contributed by atoms with Gasteiger partial charge in [-0.3, -0.25) is 14.4 Å². The molecule has 9 N–H and O–H groups in total. The van der Waals surface area contributed by atoms with Crippen LogP contribution in [0.5, 0.6) is 0 Å². The van der Waals surface area contributed by atoms with E-state index in [4.69, 9.17) is 13.3 Å². The molecule has 0 spiro atoms. The monoisotopic (exact) mass is 1290 g/mol. The summed E-state index contributed by atoms with van der Waals surface area (Å²) in [5, 5.41) is 75.5. The summed E-state index contributed by atoms with van der Waals surface area (Å²) in [7, 11) is -2.07. The molecule has 0 rings (SSSR count). The van der Waals surface area contributed by atoms with Gasteiger partial charge in [-0.15, -0.1) is 0 Å². The Hall–Kier alpha value is -1.77. The zero-order valence-electron chi connectivity index (χ0n) is 59.0. The fourth-order valence-corrected chi connectivity index (χ4v) is 14.7. The third kappa shape index (κ3) is 46.1. The summed E-state index contributed by atoms with van der Waals surface area (Å²) < 4.78 is 21.6. The largest absolute Gasteiger partial charge is 0.501 e. The Bertz CT molecular complexity index is 1450. The summed E-state index contributed by atoms with van der Waals surface area (Å²) in [6, 6.07) is 0.133. The van der Waals surface area contributed by atoms with E-state index in [-0.39, 0.29) is 43.0 Å². The number of hydrogen-bond donors (Lipinski definition) is 9. The highest BCUT2D eigenvalue weighted by molar-refractivity contribution is 6.60. The van der Waals surface area contributed by atoms with Crippen LogP contribution in [0.4, 0.5) is 0 Å². The molecule has 0 radical (unpaired) electrons. The van der Waals surface area contributed by atoms with Crippen LogP contribution in [0, 0.1) is 0 Å². The lowest BCUT2D eigenvalue weighted by atomic mass is 10.0. The van der Waals surface area contributed by atoms with Crippen LogP contribution in [0.2, 0.25) is 6.04 Å². The van der Waals surface area contributed by atoms with Gasteiger partial charge in [0.05, 0.1) is 86.1 Å². The number of nitrogens with one attached hydrogen (secondary N) is 3. The van der Waals surface area contributed by atoms with Gasteiger partial charge >= 0.3 is 8.80 Å². The maximum absolute atomic E-state index is 13.8. The van der Waals surface area contributed by atoms with Crippen molar-refractivity contribution in [2.45, 2.75) is 359 Å². The summed E-state index contributed by atoms with van der Waals surface area (Å²) in [4.78, 5) is 41.3. The first kappa shape index (κ1) is 87.2. The molecule has 16 nitrogen and oxygen atoms in total. The molecule has 0 heterocycles. The number of rotatable bonds is 70. The maximum Gasteiger partial charge on any atom is 0.501 e. The Morgan fingerprint density at radius 2 is 0.494 bits per heavy atom. The van der Waals surface area contributed by atoms with Gasteiger partial charge in [0.1, 0.15) is 16.6 Å². The first-order valence-electron chi connectivity index (χ1n) is 37.5. The van der Waals surface area contributed by atoms with E-state index in [1.165, 1.54) is 173 Å². The summed E-state index contributed by atoms with van der Waals surface area (Å²) in [6.45, 7) is 8.20. The number of carbonyl (C=O) groups is 3. The van der Waals surface area contributed by atoms with Crippen molar-refractivity contribution in [1.82, 2.24) is 16.0 Å². The summed E-state index contributed by atoms with van der Waals surface area (Å²) >= 11 is 0. The molecule has 0 saturated carbocycles. The molecule has 0 aromatic rings. The minimum atomic E-state index is -4.38. The second-order valence-corrected chi connectivity index (χ2v) is 30.3. The number of hydrogen-bond acceptors (Lipinski definition) is 12. The minimum Gasteiger partial charge on any atom is -0.394 e. The van der Waals surface area contributed by atoms with E-state index in [2.05, 4.69) is 57.6 Å². The molecule has 0 aliphatic carbocycles. The van der Waals surface area contributed by atoms with Crippen molar-refractivity contribution in [2.75, 3.05) is 86.1 Å². The van der Waals surface area contributed by atoms with Crippen LogP contribution in [0.15, 0.2) is 0 Å². The van der Waals surface area contributed by atoms with Gasteiger partial charge < -0.3 is 64.4 Å². The normalized spacial score (nSPS) is 12.5. The number of carbonyl (C=O) groups excluding carboxylic acids is 3. The van der Waals surface area contributed by atoms with Gasteiger partial charge in [-0.1, -0.05) is 266 Å². The molecule has 530 valence electrons. The number of nitrogens with zero attached hydrogens (tertiary/aromatic N) is 1. The Morgan fingerprint density at radius 3 is 0.708 bits per heavy atom. The van der Waals surface area contributed by atoms with Crippen LogP contribution >= 0.6 is 0 Å². The molecule has 0 aliphatic rings.